The predicted molar refractivity (Wildman–Crippen MR) is 131 cm³/mol. The number of piperazine rings is 1. The highest BCUT2D eigenvalue weighted by Gasteiger charge is 2.54. The largest absolute Gasteiger partial charge is 0.517 e. The summed E-state index contributed by atoms with van der Waals surface area (Å²) in [5.74, 6) is 0.113. The van der Waals surface area contributed by atoms with Gasteiger partial charge in [-0.1, -0.05) is 69.5 Å². The topological polar surface area (TPSA) is 49.9 Å². The van der Waals surface area contributed by atoms with Crippen LogP contribution in [0.2, 0.25) is 0 Å². The van der Waals surface area contributed by atoms with Gasteiger partial charge in [-0.15, -0.1) is 0 Å². The van der Waals surface area contributed by atoms with Crippen LogP contribution >= 0.6 is 0 Å². The Morgan fingerprint density at radius 2 is 1.76 bits per heavy atom. The molecule has 2 fully saturated rings. The first-order valence-corrected chi connectivity index (χ1v) is 12.6. The molecule has 0 saturated carbocycles. The lowest BCUT2D eigenvalue weighted by atomic mass is 10.0. The second kappa shape index (κ2) is 10.7. The first-order valence-electron chi connectivity index (χ1n) is 12.6. The minimum Gasteiger partial charge on any atom is -0.420 e. The van der Waals surface area contributed by atoms with Gasteiger partial charge in [-0.2, -0.15) is 9.28 Å². The summed E-state index contributed by atoms with van der Waals surface area (Å²) in [6.45, 7) is 9.46. The van der Waals surface area contributed by atoms with Gasteiger partial charge in [0.05, 0.1) is 6.61 Å². The fraction of sp³-hybridized carbons (Fsp3) is 0.556. The van der Waals surface area contributed by atoms with E-state index in [1.54, 1.807) is 0 Å². The van der Waals surface area contributed by atoms with E-state index in [9.17, 15) is 9.59 Å². The van der Waals surface area contributed by atoms with Crippen molar-refractivity contribution in [2.75, 3.05) is 46.0 Å². The molecule has 2 amide bonds. The first kappa shape index (κ1) is 23.7. The highest BCUT2D eigenvalue weighted by Crippen LogP contribution is 2.28. The monoisotopic (exact) mass is 452 g/mol. The molecular weight excluding hydrogens is 414 g/mol. The molecule has 1 unspecified atom stereocenters. The van der Waals surface area contributed by atoms with E-state index in [2.05, 4.69) is 30.9 Å². The lowest BCUT2D eigenvalue weighted by Gasteiger charge is -2.42. The molecule has 6 nitrogen and oxygen atoms in total. The molecule has 0 N–H and O–H groups in total. The van der Waals surface area contributed by atoms with Crippen LogP contribution in [-0.4, -0.2) is 78.3 Å². The number of ether oxygens (including phenoxy) is 1. The summed E-state index contributed by atoms with van der Waals surface area (Å²) in [6, 6.07) is 14.3. The summed E-state index contributed by atoms with van der Waals surface area (Å²) in [7, 11) is 0. The number of carbonyl (C=O) groups is 2. The highest BCUT2D eigenvalue weighted by molar-refractivity contribution is 6.07. The standard InChI is InChI=1S/C27H38N3O3/c1-3-5-12-23-20-28(26(31)25-14-9-11-22-10-7-8-13-24(22)25)15-16-29(23)21-30(17-18-30)27(32)33-19-6-4-2/h7-11,13-14,23H,3-6,12,15-21H2,1-2H3/q+1. The number of fused-ring (bicyclic) bond motifs is 1. The molecule has 0 aromatic heterocycles. The molecule has 0 aliphatic carbocycles. The number of hydrogen-bond donors (Lipinski definition) is 0. The number of benzene rings is 2. The van der Waals surface area contributed by atoms with Crippen LogP contribution in [0.4, 0.5) is 4.79 Å². The second-order valence-corrected chi connectivity index (χ2v) is 9.59. The Labute approximate surface area is 197 Å². The van der Waals surface area contributed by atoms with Gasteiger partial charge in [0.1, 0.15) is 19.8 Å². The zero-order valence-corrected chi connectivity index (χ0v) is 20.2. The van der Waals surface area contributed by atoms with Crippen molar-refractivity contribution in [1.82, 2.24) is 9.80 Å². The van der Waals surface area contributed by atoms with E-state index in [1.807, 2.05) is 35.2 Å². The third-order valence-corrected chi connectivity index (χ3v) is 7.13. The lowest BCUT2D eigenvalue weighted by Crippen LogP contribution is -2.58. The summed E-state index contributed by atoms with van der Waals surface area (Å²) >= 11 is 0. The van der Waals surface area contributed by atoms with Gasteiger partial charge in [0.25, 0.3) is 5.91 Å². The quantitative estimate of drug-likeness (QED) is 0.309. The summed E-state index contributed by atoms with van der Waals surface area (Å²) in [6.07, 6.45) is 5.16. The number of quaternary nitrogens is 1. The molecule has 0 radical (unpaired) electrons. The molecule has 1 atom stereocenters. The maximum atomic E-state index is 13.5. The molecule has 2 saturated heterocycles. The molecule has 4 rings (SSSR count). The minimum absolute atomic E-state index is 0.0769. The fourth-order valence-corrected chi connectivity index (χ4v) is 4.85. The van der Waals surface area contributed by atoms with Crippen LogP contribution in [0, 0.1) is 0 Å². The maximum Gasteiger partial charge on any atom is 0.517 e. The molecule has 6 heteroatoms. The third kappa shape index (κ3) is 5.39. The van der Waals surface area contributed by atoms with Gasteiger partial charge in [0.2, 0.25) is 0 Å². The normalized spacial score (nSPS) is 20.1. The first-order chi connectivity index (χ1) is 16.1. The number of nitrogens with zero attached hydrogens (tertiary/aromatic N) is 3. The summed E-state index contributed by atoms with van der Waals surface area (Å²) in [4.78, 5) is 30.7. The van der Waals surface area contributed by atoms with Crippen LogP contribution in [0.3, 0.4) is 0 Å². The Balaban J connectivity index is 1.45. The lowest BCUT2D eigenvalue weighted by molar-refractivity contribution is -0.737. The Morgan fingerprint density at radius 3 is 2.52 bits per heavy atom. The van der Waals surface area contributed by atoms with Crippen LogP contribution in [0.15, 0.2) is 42.5 Å². The molecule has 33 heavy (non-hydrogen) atoms. The van der Waals surface area contributed by atoms with E-state index in [4.69, 9.17) is 4.74 Å². The van der Waals surface area contributed by atoms with Gasteiger partial charge >= 0.3 is 6.09 Å². The molecule has 2 aliphatic heterocycles. The molecule has 178 valence electrons. The summed E-state index contributed by atoms with van der Waals surface area (Å²) < 4.78 is 5.99. The molecule has 0 bridgehead atoms. The zero-order valence-electron chi connectivity index (χ0n) is 20.2. The fourth-order valence-electron chi connectivity index (χ4n) is 4.85. The van der Waals surface area contributed by atoms with E-state index < -0.39 is 0 Å². The van der Waals surface area contributed by atoms with Gasteiger partial charge in [0.15, 0.2) is 0 Å². The van der Waals surface area contributed by atoms with Gasteiger partial charge in [0, 0.05) is 31.2 Å². The minimum atomic E-state index is -0.0769. The SMILES string of the molecule is CCCCOC(=O)[N+]1(CN2CCN(C(=O)c3cccc4ccccc34)CC2CCCC)CC1. The van der Waals surface area contributed by atoms with E-state index in [0.29, 0.717) is 30.8 Å². The van der Waals surface area contributed by atoms with Gasteiger partial charge < -0.3 is 9.64 Å². The molecule has 0 spiro atoms. The van der Waals surface area contributed by atoms with Crippen LogP contribution in [0.25, 0.3) is 10.8 Å². The van der Waals surface area contributed by atoms with Crippen molar-refractivity contribution in [3.05, 3.63) is 48.0 Å². The molecule has 2 aromatic rings. The highest BCUT2D eigenvalue weighted by atomic mass is 16.6. The van der Waals surface area contributed by atoms with Gasteiger partial charge in [-0.25, -0.2) is 4.90 Å². The van der Waals surface area contributed by atoms with E-state index in [1.165, 1.54) is 0 Å². The van der Waals surface area contributed by atoms with Crippen molar-refractivity contribution in [2.24, 2.45) is 0 Å². The molecular formula is C27H38N3O3+. The van der Waals surface area contributed by atoms with E-state index in [0.717, 1.165) is 68.1 Å². The van der Waals surface area contributed by atoms with Crippen LogP contribution < -0.4 is 0 Å². The molecule has 2 heterocycles. The Kier molecular flexibility index (Phi) is 7.66. The Hall–Kier alpha value is -2.44. The summed E-state index contributed by atoms with van der Waals surface area (Å²) in [5, 5.41) is 2.11. The van der Waals surface area contributed by atoms with Crippen LogP contribution in [-0.2, 0) is 4.74 Å². The van der Waals surface area contributed by atoms with Crippen LogP contribution in [0.1, 0.15) is 56.3 Å². The van der Waals surface area contributed by atoms with Gasteiger partial charge in [-0.3, -0.25) is 4.79 Å². The smallest absolute Gasteiger partial charge is 0.420 e. The zero-order chi connectivity index (χ0) is 23.3. The number of carbonyl (C=O) groups excluding carboxylic acids is 2. The maximum absolute atomic E-state index is 13.5. The number of amides is 2. The van der Waals surface area contributed by atoms with Crippen molar-refractivity contribution in [3.63, 3.8) is 0 Å². The van der Waals surface area contributed by atoms with E-state index >= 15 is 0 Å². The molecule has 2 aromatic carbocycles. The van der Waals surface area contributed by atoms with Crippen molar-refractivity contribution < 1.29 is 18.8 Å². The summed E-state index contributed by atoms with van der Waals surface area (Å²) in [5.41, 5.74) is 0.782. The average Bonchev–Trinajstić information content (AvgIpc) is 3.63. The number of unbranched alkanes of at least 4 members (excludes halogenated alkanes) is 2. The third-order valence-electron chi connectivity index (χ3n) is 7.13. The Bertz CT molecular complexity index is 967. The number of hydrogen-bond acceptors (Lipinski definition) is 4. The Morgan fingerprint density at radius 1 is 1.00 bits per heavy atom. The predicted octanol–water partition coefficient (Wildman–Crippen LogP) is 4.88. The van der Waals surface area contributed by atoms with Gasteiger partial charge in [-0.05, 0) is 29.7 Å². The van der Waals surface area contributed by atoms with Crippen LogP contribution in [0.5, 0.6) is 0 Å². The van der Waals surface area contributed by atoms with E-state index in [-0.39, 0.29) is 18.0 Å². The van der Waals surface area contributed by atoms with Crippen molar-refractivity contribution >= 4 is 22.8 Å². The second-order valence-electron chi connectivity index (χ2n) is 9.59. The average molecular weight is 453 g/mol. The van der Waals surface area contributed by atoms with Crippen molar-refractivity contribution in [3.8, 4) is 0 Å². The van der Waals surface area contributed by atoms with Crippen molar-refractivity contribution in [1.29, 1.82) is 0 Å². The van der Waals surface area contributed by atoms with Crippen molar-refractivity contribution in [2.45, 2.75) is 52.0 Å². The molecule has 2 aliphatic rings. The number of rotatable bonds is 9.